The highest BCUT2D eigenvalue weighted by molar-refractivity contribution is 7.12. The van der Waals surface area contributed by atoms with Crippen molar-refractivity contribution >= 4 is 34.5 Å². The van der Waals surface area contributed by atoms with Crippen LogP contribution in [0.1, 0.15) is 58.3 Å². The van der Waals surface area contributed by atoms with E-state index in [1.807, 2.05) is 65.4 Å². The van der Waals surface area contributed by atoms with Crippen LogP contribution in [0, 0.1) is 0 Å². The van der Waals surface area contributed by atoms with Crippen molar-refractivity contribution < 1.29 is 9.59 Å². The zero-order valence-corrected chi connectivity index (χ0v) is 18.5. The summed E-state index contributed by atoms with van der Waals surface area (Å²) in [5, 5.41) is 7.11. The molecule has 2 amide bonds. The summed E-state index contributed by atoms with van der Waals surface area (Å²) in [5.41, 5.74) is 1.01. The molecule has 2 heterocycles. The topological polar surface area (TPSA) is 49.4 Å². The Morgan fingerprint density at radius 1 is 0.933 bits per heavy atom. The Hall–Kier alpha value is -2.44. The van der Waals surface area contributed by atoms with Gasteiger partial charge < -0.3 is 10.2 Å². The summed E-state index contributed by atoms with van der Waals surface area (Å²) >= 11 is 2.94. The van der Waals surface area contributed by atoms with Crippen molar-refractivity contribution in [2.45, 2.75) is 50.7 Å². The molecule has 6 heteroatoms. The van der Waals surface area contributed by atoms with Crippen LogP contribution in [0.25, 0.3) is 0 Å². The molecule has 2 aromatic heterocycles. The van der Waals surface area contributed by atoms with Crippen molar-refractivity contribution in [3.8, 4) is 0 Å². The maximum Gasteiger partial charge on any atom is 0.265 e. The number of benzene rings is 1. The van der Waals surface area contributed by atoms with Crippen LogP contribution in [0.4, 0.5) is 0 Å². The first-order valence-corrected chi connectivity index (χ1v) is 12.2. The van der Waals surface area contributed by atoms with Gasteiger partial charge in [0.2, 0.25) is 5.91 Å². The molecule has 0 unspecified atom stereocenters. The van der Waals surface area contributed by atoms with E-state index in [1.165, 1.54) is 29.1 Å². The third-order valence-electron chi connectivity index (χ3n) is 5.51. The number of nitrogens with zero attached hydrogens (tertiary/aromatic N) is 1. The molecule has 4 rings (SSSR count). The van der Waals surface area contributed by atoms with Crippen molar-refractivity contribution in [2.24, 2.45) is 0 Å². The predicted octanol–water partition coefficient (Wildman–Crippen LogP) is 5.64. The summed E-state index contributed by atoms with van der Waals surface area (Å²) in [5.74, 6) is -0.184. The van der Waals surface area contributed by atoms with Gasteiger partial charge in [-0.2, -0.15) is 0 Å². The molecule has 0 bridgehead atoms. The molecule has 1 N–H and O–H groups in total. The van der Waals surface area contributed by atoms with Crippen molar-refractivity contribution in [2.75, 3.05) is 0 Å². The highest BCUT2D eigenvalue weighted by atomic mass is 32.1. The zero-order valence-electron chi connectivity index (χ0n) is 16.8. The van der Waals surface area contributed by atoms with Crippen molar-refractivity contribution in [1.29, 1.82) is 0 Å². The first-order valence-electron chi connectivity index (χ1n) is 10.4. The van der Waals surface area contributed by atoms with Gasteiger partial charge in [0.15, 0.2) is 0 Å². The molecule has 4 nitrogen and oxygen atoms in total. The molecule has 0 aliphatic heterocycles. The Balaban J connectivity index is 1.66. The average Bonchev–Trinajstić information content (AvgIpc) is 3.49. The van der Waals surface area contributed by atoms with E-state index in [0.717, 1.165) is 36.1 Å². The van der Waals surface area contributed by atoms with E-state index in [1.54, 1.807) is 4.90 Å². The normalized spacial score (nSPS) is 15.5. The molecule has 0 radical (unpaired) electrons. The Labute approximate surface area is 185 Å². The quantitative estimate of drug-likeness (QED) is 0.519. The molecule has 1 aliphatic rings. The first kappa shape index (κ1) is 20.8. The van der Waals surface area contributed by atoms with Crippen molar-refractivity contribution in [3.63, 3.8) is 0 Å². The zero-order chi connectivity index (χ0) is 20.8. The van der Waals surface area contributed by atoms with E-state index in [-0.39, 0.29) is 17.9 Å². The van der Waals surface area contributed by atoms with Crippen LogP contribution >= 0.6 is 22.7 Å². The maximum atomic E-state index is 13.5. The smallest absolute Gasteiger partial charge is 0.265 e. The van der Waals surface area contributed by atoms with Gasteiger partial charge in [0.05, 0.1) is 4.88 Å². The van der Waals surface area contributed by atoms with Crippen molar-refractivity contribution in [1.82, 2.24) is 10.2 Å². The lowest BCUT2D eigenvalue weighted by Gasteiger charge is -2.32. The number of carbonyl (C=O) groups is 2. The fourth-order valence-electron chi connectivity index (χ4n) is 4.00. The van der Waals surface area contributed by atoms with Gasteiger partial charge in [-0.15, -0.1) is 22.7 Å². The van der Waals surface area contributed by atoms with Gasteiger partial charge in [-0.1, -0.05) is 61.7 Å². The SMILES string of the molecule is O=C(NC1CCCCC1)[C@H](c1cccs1)N(Cc1ccccc1)C(=O)c1cccs1. The van der Waals surface area contributed by atoms with E-state index in [0.29, 0.717) is 11.4 Å². The molecule has 1 aromatic carbocycles. The lowest BCUT2D eigenvalue weighted by atomic mass is 9.95. The molecule has 0 saturated heterocycles. The summed E-state index contributed by atoms with van der Waals surface area (Å²) in [6, 6.07) is 17.0. The minimum absolute atomic E-state index is 0.0785. The van der Waals surface area contributed by atoms with Gasteiger partial charge in [0.25, 0.3) is 5.91 Å². The maximum absolute atomic E-state index is 13.5. The number of hydrogen-bond donors (Lipinski definition) is 1. The van der Waals surface area contributed by atoms with Crippen LogP contribution in [-0.2, 0) is 11.3 Å². The minimum Gasteiger partial charge on any atom is -0.351 e. The third kappa shape index (κ3) is 4.99. The lowest BCUT2D eigenvalue weighted by Crippen LogP contribution is -2.46. The van der Waals surface area contributed by atoms with Crippen LogP contribution < -0.4 is 5.32 Å². The largest absolute Gasteiger partial charge is 0.351 e. The fraction of sp³-hybridized carbons (Fsp3) is 0.333. The lowest BCUT2D eigenvalue weighted by molar-refractivity contribution is -0.127. The molecule has 1 saturated carbocycles. The summed E-state index contributed by atoms with van der Waals surface area (Å²) in [6.45, 7) is 0.387. The molecular formula is C24H26N2O2S2. The van der Waals surface area contributed by atoms with Gasteiger partial charge in [-0.25, -0.2) is 0 Å². The van der Waals surface area contributed by atoms with Crippen LogP contribution in [0.3, 0.4) is 0 Å². The van der Waals surface area contributed by atoms with Gasteiger partial charge in [0.1, 0.15) is 6.04 Å². The number of nitrogens with one attached hydrogen (secondary N) is 1. The number of amides is 2. The molecule has 30 heavy (non-hydrogen) atoms. The average molecular weight is 439 g/mol. The van der Waals surface area contributed by atoms with Gasteiger partial charge in [-0.3, -0.25) is 9.59 Å². The van der Waals surface area contributed by atoms with Gasteiger partial charge >= 0.3 is 0 Å². The van der Waals surface area contributed by atoms with Crippen LogP contribution in [-0.4, -0.2) is 22.8 Å². The summed E-state index contributed by atoms with van der Waals surface area (Å²) in [6.07, 6.45) is 5.56. The number of carbonyl (C=O) groups excluding carboxylic acids is 2. The summed E-state index contributed by atoms with van der Waals surface area (Å²) in [7, 11) is 0. The summed E-state index contributed by atoms with van der Waals surface area (Å²) in [4.78, 5) is 30.3. The van der Waals surface area contributed by atoms with Crippen LogP contribution in [0.5, 0.6) is 0 Å². The molecule has 1 aliphatic carbocycles. The monoisotopic (exact) mass is 438 g/mol. The number of rotatable bonds is 7. The Bertz CT molecular complexity index is 933. The summed E-state index contributed by atoms with van der Waals surface area (Å²) < 4.78 is 0. The highest BCUT2D eigenvalue weighted by Crippen LogP contribution is 2.30. The third-order valence-corrected chi connectivity index (χ3v) is 7.30. The minimum atomic E-state index is -0.637. The second-order valence-corrected chi connectivity index (χ2v) is 9.58. The standard InChI is InChI=1S/C24H26N2O2S2/c27-23(25-19-11-5-2-6-12-19)22(20-13-7-15-29-20)26(17-18-9-3-1-4-10-18)24(28)21-14-8-16-30-21/h1,3-4,7-10,13-16,19,22H,2,5-6,11-12,17H2,(H,25,27)/t22-/m0/s1. The molecule has 1 fully saturated rings. The van der Waals surface area contributed by atoms with Crippen molar-refractivity contribution in [3.05, 3.63) is 80.7 Å². The van der Waals surface area contributed by atoms with Gasteiger partial charge in [0, 0.05) is 17.5 Å². The fourth-order valence-corrected chi connectivity index (χ4v) is 5.51. The number of thiophene rings is 2. The predicted molar refractivity (Wildman–Crippen MR) is 123 cm³/mol. The first-order chi connectivity index (χ1) is 14.7. The number of hydrogen-bond acceptors (Lipinski definition) is 4. The molecule has 156 valence electrons. The molecule has 0 spiro atoms. The van der Waals surface area contributed by atoms with E-state index in [9.17, 15) is 9.59 Å². The van der Waals surface area contributed by atoms with E-state index >= 15 is 0 Å². The highest BCUT2D eigenvalue weighted by Gasteiger charge is 2.34. The molecular weight excluding hydrogens is 412 g/mol. The molecule has 3 aromatic rings. The second-order valence-electron chi connectivity index (χ2n) is 7.66. The van der Waals surface area contributed by atoms with Crippen LogP contribution in [0.15, 0.2) is 65.4 Å². The Morgan fingerprint density at radius 3 is 2.33 bits per heavy atom. The Kier molecular flexibility index (Phi) is 6.97. The van der Waals surface area contributed by atoms with E-state index in [2.05, 4.69) is 5.32 Å². The Morgan fingerprint density at radius 2 is 1.67 bits per heavy atom. The van der Waals surface area contributed by atoms with E-state index < -0.39 is 6.04 Å². The molecule has 1 atom stereocenters. The van der Waals surface area contributed by atoms with Crippen LogP contribution in [0.2, 0.25) is 0 Å². The van der Waals surface area contributed by atoms with Gasteiger partial charge in [-0.05, 0) is 41.3 Å². The van der Waals surface area contributed by atoms with E-state index in [4.69, 9.17) is 0 Å². The second kappa shape index (κ2) is 10.0.